The maximum atomic E-state index is 12.9. The second kappa shape index (κ2) is 7.93. The highest BCUT2D eigenvalue weighted by molar-refractivity contribution is 7.11. The lowest BCUT2D eigenvalue weighted by molar-refractivity contribution is -0.129. The van der Waals surface area contributed by atoms with Crippen LogP contribution in [-0.4, -0.2) is 53.5 Å². The van der Waals surface area contributed by atoms with Crippen LogP contribution in [-0.2, 0) is 16.1 Å². The summed E-state index contributed by atoms with van der Waals surface area (Å²) in [7, 11) is 0. The zero-order chi connectivity index (χ0) is 19.7. The highest BCUT2D eigenvalue weighted by Crippen LogP contribution is 2.39. The van der Waals surface area contributed by atoms with Gasteiger partial charge in [0.15, 0.2) is 0 Å². The Bertz CT molecular complexity index is 838. The van der Waals surface area contributed by atoms with Crippen LogP contribution in [0.3, 0.4) is 0 Å². The summed E-state index contributed by atoms with van der Waals surface area (Å²) in [4.78, 5) is 23.3. The van der Waals surface area contributed by atoms with Gasteiger partial charge in [-0.1, -0.05) is 30.3 Å². The van der Waals surface area contributed by atoms with Gasteiger partial charge in [-0.05, 0) is 26.3 Å². The zero-order valence-electron chi connectivity index (χ0n) is 17.0. The second-order valence-electron chi connectivity index (χ2n) is 8.29. The van der Waals surface area contributed by atoms with Crippen molar-refractivity contribution in [3.05, 3.63) is 51.5 Å². The molecule has 2 fully saturated rings. The van der Waals surface area contributed by atoms with Crippen LogP contribution in [0.2, 0.25) is 0 Å². The first kappa shape index (κ1) is 19.6. The maximum absolute atomic E-state index is 12.9. The Balaban J connectivity index is 1.50. The van der Waals surface area contributed by atoms with Crippen LogP contribution >= 0.6 is 11.3 Å². The molecule has 0 aliphatic carbocycles. The lowest BCUT2D eigenvalue weighted by atomic mass is 9.87. The number of carbonyl (C=O) groups is 1. The van der Waals surface area contributed by atoms with Crippen LogP contribution in [0, 0.1) is 19.3 Å². The third-order valence-corrected chi connectivity index (χ3v) is 7.05. The molecule has 0 saturated carbocycles. The number of benzene rings is 1. The average molecular weight is 400 g/mol. The smallest absolute Gasteiger partial charge is 0.223 e. The summed E-state index contributed by atoms with van der Waals surface area (Å²) in [5.41, 5.74) is 2.20. The normalized spacial score (nSPS) is 24.7. The van der Waals surface area contributed by atoms with E-state index in [9.17, 15) is 4.79 Å². The first-order valence-corrected chi connectivity index (χ1v) is 10.8. The second-order valence-corrected chi connectivity index (χ2v) is 9.58. The first-order valence-electron chi connectivity index (χ1n) is 10.0. The Morgan fingerprint density at radius 2 is 2.04 bits per heavy atom. The minimum absolute atomic E-state index is 0.0937. The Kier molecular flexibility index (Phi) is 5.54. The summed E-state index contributed by atoms with van der Waals surface area (Å²) in [6.45, 7) is 11.1. The quantitative estimate of drug-likeness (QED) is 0.788. The SMILES string of the molecule is Cc1nc(C)c(CN2CCOC[C@@]3(CC(=O)N([C@@H](C)c4ccccc4)C3)C2)s1. The molecule has 1 aromatic heterocycles. The number of aryl methyl sites for hydroxylation is 2. The van der Waals surface area contributed by atoms with Crippen molar-refractivity contribution in [3.63, 3.8) is 0 Å². The highest BCUT2D eigenvalue weighted by Gasteiger charge is 2.46. The van der Waals surface area contributed by atoms with Gasteiger partial charge in [-0.15, -0.1) is 11.3 Å². The van der Waals surface area contributed by atoms with Crippen LogP contribution in [0.4, 0.5) is 0 Å². The molecule has 0 radical (unpaired) electrons. The topological polar surface area (TPSA) is 45.7 Å². The number of hydrogen-bond acceptors (Lipinski definition) is 5. The van der Waals surface area contributed by atoms with E-state index in [-0.39, 0.29) is 17.4 Å². The molecule has 0 bridgehead atoms. The first-order chi connectivity index (χ1) is 13.5. The molecular formula is C22H29N3O2S. The van der Waals surface area contributed by atoms with Crippen molar-refractivity contribution in [1.82, 2.24) is 14.8 Å². The van der Waals surface area contributed by atoms with Gasteiger partial charge in [0, 0.05) is 42.9 Å². The number of ether oxygens (including phenoxy) is 1. The van der Waals surface area contributed by atoms with Crippen LogP contribution < -0.4 is 0 Å². The summed E-state index contributed by atoms with van der Waals surface area (Å²) < 4.78 is 5.98. The molecule has 4 rings (SSSR count). The summed E-state index contributed by atoms with van der Waals surface area (Å²) in [6.07, 6.45) is 0.571. The molecular weight excluding hydrogens is 370 g/mol. The van der Waals surface area contributed by atoms with Gasteiger partial charge in [-0.2, -0.15) is 0 Å². The summed E-state index contributed by atoms with van der Waals surface area (Å²) in [5, 5.41) is 1.12. The van der Waals surface area contributed by atoms with E-state index in [2.05, 4.69) is 42.8 Å². The van der Waals surface area contributed by atoms with E-state index in [0.717, 1.165) is 43.5 Å². The number of amides is 1. The largest absolute Gasteiger partial charge is 0.379 e. The van der Waals surface area contributed by atoms with E-state index < -0.39 is 0 Å². The van der Waals surface area contributed by atoms with E-state index in [4.69, 9.17) is 4.74 Å². The average Bonchev–Trinajstić information content (AvgIpc) is 3.08. The fraction of sp³-hybridized carbons (Fsp3) is 0.545. The predicted molar refractivity (Wildman–Crippen MR) is 111 cm³/mol. The zero-order valence-corrected chi connectivity index (χ0v) is 17.8. The lowest BCUT2D eigenvalue weighted by Gasteiger charge is -2.32. The van der Waals surface area contributed by atoms with Crippen molar-refractivity contribution in [2.45, 2.75) is 39.8 Å². The Morgan fingerprint density at radius 3 is 2.75 bits per heavy atom. The van der Waals surface area contributed by atoms with Gasteiger partial charge in [-0.3, -0.25) is 9.69 Å². The fourth-order valence-corrected chi connectivity index (χ4v) is 5.51. The van der Waals surface area contributed by atoms with Crippen molar-refractivity contribution in [3.8, 4) is 0 Å². The number of thiazole rings is 1. The van der Waals surface area contributed by atoms with E-state index in [0.29, 0.717) is 13.0 Å². The van der Waals surface area contributed by atoms with Crippen LogP contribution in [0.25, 0.3) is 0 Å². The molecule has 28 heavy (non-hydrogen) atoms. The third-order valence-electron chi connectivity index (χ3n) is 5.99. The molecule has 1 amide bonds. The molecule has 3 heterocycles. The monoisotopic (exact) mass is 399 g/mol. The summed E-state index contributed by atoms with van der Waals surface area (Å²) in [5.74, 6) is 0.242. The van der Waals surface area contributed by atoms with E-state index in [1.165, 1.54) is 10.4 Å². The van der Waals surface area contributed by atoms with E-state index in [1.54, 1.807) is 11.3 Å². The highest BCUT2D eigenvalue weighted by atomic mass is 32.1. The van der Waals surface area contributed by atoms with Gasteiger partial charge in [0.2, 0.25) is 5.91 Å². The molecule has 1 aromatic carbocycles. The van der Waals surface area contributed by atoms with Gasteiger partial charge < -0.3 is 9.64 Å². The summed E-state index contributed by atoms with van der Waals surface area (Å²) in [6, 6.07) is 10.4. The molecule has 6 heteroatoms. The maximum Gasteiger partial charge on any atom is 0.223 e. The van der Waals surface area contributed by atoms with Gasteiger partial charge >= 0.3 is 0 Å². The molecule has 2 aliphatic heterocycles. The van der Waals surface area contributed by atoms with Crippen LogP contribution in [0.5, 0.6) is 0 Å². The molecule has 150 valence electrons. The molecule has 2 atom stereocenters. The van der Waals surface area contributed by atoms with Crippen LogP contribution in [0.15, 0.2) is 30.3 Å². The number of carbonyl (C=O) groups excluding carboxylic acids is 1. The molecule has 5 nitrogen and oxygen atoms in total. The van der Waals surface area contributed by atoms with E-state index in [1.807, 2.05) is 23.1 Å². The van der Waals surface area contributed by atoms with Crippen molar-refractivity contribution < 1.29 is 9.53 Å². The Morgan fingerprint density at radius 1 is 1.25 bits per heavy atom. The van der Waals surface area contributed by atoms with Gasteiger partial charge in [0.05, 0.1) is 30.0 Å². The molecule has 0 N–H and O–H groups in total. The minimum atomic E-state index is -0.121. The molecule has 2 aliphatic rings. The van der Waals surface area contributed by atoms with Crippen molar-refractivity contribution in [2.75, 3.05) is 32.8 Å². The predicted octanol–water partition coefficient (Wildman–Crippen LogP) is 3.57. The molecule has 2 saturated heterocycles. The van der Waals surface area contributed by atoms with Gasteiger partial charge in [0.25, 0.3) is 0 Å². The molecule has 0 unspecified atom stereocenters. The lowest BCUT2D eigenvalue weighted by Crippen LogP contribution is -2.40. The number of nitrogens with zero attached hydrogens (tertiary/aromatic N) is 3. The molecule has 1 spiro atoms. The number of likely N-dealkylation sites (tertiary alicyclic amines) is 1. The van der Waals surface area contributed by atoms with E-state index >= 15 is 0 Å². The van der Waals surface area contributed by atoms with Crippen molar-refractivity contribution in [1.29, 1.82) is 0 Å². The van der Waals surface area contributed by atoms with Crippen molar-refractivity contribution in [2.24, 2.45) is 5.41 Å². The van der Waals surface area contributed by atoms with Crippen LogP contribution in [0.1, 0.15) is 40.5 Å². The van der Waals surface area contributed by atoms with Crippen molar-refractivity contribution >= 4 is 17.2 Å². The minimum Gasteiger partial charge on any atom is -0.379 e. The van der Waals surface area contributed by atoms with Gasteiger partial charge in [0.1, 0.15) is 0 Å². The fourth-order valence-electron chi connectivity index (χ4n) is 4.53. The van der Waals surface area contributed by atoms with Gasteiger partial charge in [-0.25, -0.2) is 4.98 Å². The number of rotatable bonds is 4. The molecule has 2 aromatic rings. The third kappa shape index (κ3) is 4.00. The Labute approximate surface area is 171 Å². The number of hydrogen-bond donors (Lipinski definition) is 0. The standard InChI is InChI=1S/C22H29N3O2S/c1-16-20(28-18(3)23-16)12-24-9-10-27-15-22(13-24)11-21(26)25(14-22)17(2)19-7-5-4-6-8-19/h4-8,17H,9-15H2,1-3H3/t17-,22-/m0/s1. The summed E-state index contributed by atoms with van der Waals surface area (Å²) >= 11 is 1.78. The Hall–Kier alpha value is -1.76. The number of aromatic nitrogens is 1.